The van der Waals surface area contributed by atoms with Crippen LogP contribution in [0.5, 0.6) is 0 Å². The second kappa shape index (κ2) is 7.49. The number of nitrogens with zero attached hydrogens (tertiary/aromatic N) is 1. The predicted octanol–water partition coefficient (Wildman–Crippen LogP) is 3.83. The average Bonchev–Trinajstić information content (AvgIpc) is 2.88. The van der Waals surface area contributed by atoms with Crippen LogP contribution in [0.4, 0.5) is 0 Å². The van der Waals surface area contributed by atoms with Crippen molar-refractivity contribution in [1.29, 1.82) is 0 Å². The molecule has 2 nitrogen and oxygen atoms in total. The molecule has 1 rings (SSSR count). The minimum atomic E-state index is -0.183. The SMILES string of the molecule is CCCCC(CC)CC(O)C(C)(C)N1CCCC1. The molecule has 1 aliphatic rings. The molecule has 0 aromatic rings. The first-order chi connectivity index (χ1) is 8.52. The molecule has 0 aromatic heterocycles. The zero-order valence-electron chi connectivity index (χ0n) is 12.9. The fraction of sp³-hybridized carbons (Fsp3) is 1.00. The van der Waals surface area contributed by atoms with Crippen LogP contribution in [-0.2, 0) is 0 Å². The van der Waals surface area contributed by atoms with Crippen LogP contribution in [0.2, 0.25) is 0 Å². The van der Waals surface area contributed by atoms with Gasteiger partial charge in [-0.05, 0) is 52.1 Å². The molecule has 1 heterocycles. The first-order valence-electron chi connectivity index (χ1n) is 7.95. The molecule has 0 saturated carbocycles. The lowest BCUT2D eigenvalue weighted by Gasteiger charge is -2.40. The number of aliphatic hydroxyl groups excluding tert-OH is 1. The summed E-state index contributed by atoms with van der Waals surface area (Å²) in [7, 11) is 0. The normalized spacial score (nSPS) is 21.2. The monoisotopic (exact) mass is 255 g/mol. The van der Waals surface area contributed by atoms with Gasteiger partial charge in [-0.15, -0.1) is 0 Å². The summed E-state index contributed by atoms with van der Waals surface area (Å²) in [6, 6.07) is 0. The van der Waals surface area contributed by atoms with Gasteiger partial charge in [0.25, 0.3) is 0 Å². The van der Waals surface area contributed by atoms with Gasteiger partial charge in [-0.3, -0.25) is 4.90 Å². The maximum atomic E-state index is 10.6. The Balaban J connectivity index is 2.47. The molecule has 0 radical (unpaired) electrons. The summed E-state index contributed by atoms with van der Waals surface area (Å²) in [5.41, 5.74) is -0.0455. The van der Waals surface area contributed by atoms with Crippen LogP contribution in [0.3, 0.4) is 0 Å². The molecule has 1 aliphatic heterocycles. The van der Waals surface area contributed by atoms with Gasteiger partial charge in [-0.2, -0.15) is 0 Å². The smallest absolute Gasteiger partial charge is 0.0721 e. The Morgan fingerprint density at radius 2 is 1.78 bits per heavy atom. The van der Waals surface area contributed by atoms with Crippen molar-refractivity contribution in [3.05, 3.63) is 0 Å². The molecule has 2 unspecified atom stereocenters. The molecular formula is C16H33NO. The van der Waals surface area contributed by atoms with E-state index in [1.54, 1.807) is 0 Å². The first kappa shape index (κ1) is 16.0. The van der Waals surface area contributed by atoms with Crippen LogP contribution in [0.1, 0.15) is 72.6 Å². The van der Waals surface area contributed by atoms with E-state index in [4.69, 9.17) is 0 Å². The molecule has 0 bridgehead atoms. The van der Waals surface area contributed by atoms with Crippen LogP contribution in [-0.4, -0.2) is 34.7 Å². The van der Waals surface area contributed by atoms with Crippen molar-refractivity contribution in [1.82, 2.24) is 4.90 Å². The van der Waals surface area contributed by atoms with Gasteiger partial charge in [0.1, 0.15) is 0 Å². The van der Waals surface area contributed by atoms with Gasteiger partial charge in [-0.1, -0.05) is 39.5 Å². The Morgan fingerprint density at radius 1 is 1.17 bits per heavy atom. The predicted molar refractivity (Wildman–Crippen MR) is 78.8 cm³/mol. The minimum absolute atomic E-state index is 0.0455. The third-order valence-electron chi connectivity index (χ3n) is 4.84. The highest BCUT2D eigenvalue weighted by Gasteiger charge is 2.36. The molecule has 0 aliphatic carbocycles. The number of unbranched alkanes of at least 4 members (excludes halogenated alkanes) is 1. The molecular weight excluding hydrogens is 222 g/mol. The average molecular weight is 255 g/mol. The van der Waals surface area contributed by atoms with Crippen molar-refractivity contribution in [2.24, 2.45) is 5.92 Å². The van der Waals surface area contributed by atoms with Crippen LogP contribution in [0, 0.1) is 5.92 Å². The fourth-order valence-corrected chi connectivity index (χ4v) is 3.09. The Hall–Kier alpha value is -0.0800. The van der Waals surface area contributed by atoms with Gasteiger partial charge < -0.3 is 5.11 Å². The number of hydrogen-bond acceptors (Lipinski definition) is 2. The van der Waals surface area contributed by atoms with E-state index in [1.807, 2.05) is 0 Å². The zero-order valence-corrected chi connectivity index (χ0v) is 12.9. The van der Waals surface area contributed by atoms with Crippen LogP contribution >= 0.6 is 0 Å². The van der Waals surface area contributed by atoms with Crippen molar-refractivity contribution in [3.63, 3.8) is 0 Å². The van der Waals surface area contributed by atoms with E-state index in [-0.39, 0.29) is 11.6 Å². The largest absolute Gasteiger partial charge is 0.391 e. The Kier molecular flexibility index (Phi) is 6.65. The topological polar surface area (TPSA) is 23.5 Å². The van der Waals surface area contributed by atoms with E-state index < -0.39 is 0 Å². The van der Waals surface area contributed by atoms with Crippen molar-refractivity contribution in [2.45, 2.75) is 84.3 Å². The molecule has 1 N–H and O–H groups in total. The lowest BCUT2D eigenvalue weighted by atomic mass is 9.85. The fourth-order valence-electron chi connectivity index (χ4n) is 3.09. The summed E-state index contributed by atoms with van der Waals surface area (Å²) < 4.78 is 0. The number of likely N-dealkylation sites (tertiary alicyclic amines) is 1. The summed E-state index contributed by atoms with van der Waals surface area (Å²) in [5, 5.41) is 10.6. The van der Waals surface area contributed by atoms with Gasteiger partial charge in [0.2, 0.25) is 0 Å². The maximum Gasteiger partial charge on any atom is 0.0721 e. The van der Waals surface area contributed by atoms with Crippen LogP contribution in [0.25, 0.3) is 0 Å². The number of aliphatic hydroxyl groups is 1. The summed E-state index contributed by atoms with van der Waals surface area (Å²) in [6.07, 6.45) is 8.43. The van der Waals surface area contributed by atoms with E-state index in [0.29, 0.717) is 5.92 Å². The van der Waals surface area contributed by atoms with E-state index >= 15 is 0 Å². The molecule has 0 amide bonds. The summed E-state index contributed by atoms with van der Waals surface area (Å²) in [6.45, 7) is 11.3. The van der Waals surface area contributed by atoms with Crippen molar-refractivity contribution >= 4 is 0 Å². The second-order valence-corrected chi connectivity index (χ2v) is 6.52. The van der Waals surface area contributed by atoms with Gasteiger partial charge in [0, 0.05) is 5.54 Å². The third-order valence-corrected chi connectivity index (χ3v) is 4.84. The quantitative estimate of drug-likeness (QED) is 0.712. The number of hydrogen-bond donors (Lipinski definition) is 1. The Bertz CT molecular complexity index is 221. The highest BCUT2D eigenvalue weighted by molar-refractivity contribution is 4.91. The maximum absolute atomic E-state index is 10.6. The molecule has 1 saturated heterocycles. The molecule has 1 fully saturated rings. The highest BCUT2D eigenvalue weighted by Crippen LogP contribution is 2.29. The zero-order chi connectivity index (χ0) is 13.6. The van der Waals surface area contributed by atoms with E-state index in [1.165, 1.54) is 38.5 Å². The van der Waals surface area contributed by atoms with Crippen molar-refractivity contribution in [2.75, 3.05) is 13.1 Å². The highest BCUT2D eigenvalue weighted by atomic mass is 16.3. The van der Waals surface area contributed by atoms with Gasteiger partial charge in [-0.25, -0.2) is 0 Å². The Morgan fingerprint density at radius 3 is 2.28 bits per heavy atom. The van der Waals surface area contributed by atoms with Crippen molar-refractivity contribution in [3.8, 4) is 0 Å². The summed E-state index contributed by atoms with van der Waals surface area (Å²) in [4.78, 5) is 2.48. The van der Waals surface area contributed by atoms with E-state index in [0.717, 1.165) is 19.5 Å². The van der Waals surface area contributed by atoms with E-state index in [9.17, 15) is 5.11 Å². The lowest BCUT2D eigenvalue weighted by molar-refractivity contribution is -0.0121. The molecule has 2 atom stereocenters. The van der Waals surface area contributed by atoms with Crippen LogP contribution < -0.4 is 0 Å². The lowest BCUT2D eigenvalue weighted by Crippen LogP contribution is -2.51. The molecule has 0 aromatic carbocycles. The molecule has 108 valence electrons. The van der Waals surface area contributed by atoms with Crippen molar-refractivity contribution < 1.29 is 5.11 Å². The summed E-state index contributed by atoms with van der Waals surface area (Å²) in [5.74, 6) is 0.696. The molecule has 18 heavy (non-hydrogen) atoms. The molecule has 2 heteroatoms. The standard InChI is InChI=1S/C16H33NO/c1-5-7-10-14(6-2)13-15(18)16(3,4)17-11-8-9-12-17/h14-15,18H,5-13H2,1-4H3. The van der Waals surface area contributed by atoms with Crippen LogP contribution in [0.15, 0.2) is 0 Å². The van der Waals surface area contributed by atoms with Gasteiger partial charge >= 0.3 is 0 Å². The number of rotatable bonds is 8. The Labute approximate surface area is 114 Å². The van der Waals surface area contributed by atoms with Gasteiger partial charge in [0.15, 0.2) is 0 Å². The van der Waals surface area contributed by atoms with Gasteiger partial charge in [0.05, 0.1) is 6.10 Å². The van der Waals surface area contributed by atoms with E-state index in [2.05, 4.69) is 32.6 Å². The third kappa shape index (κ3) is 4.24. The minimum Gasteiger partial charge on any atom is -0.391 e. The summed E-state index contributed by atoms with van der Waals surface area (Å²) >= 11 is 0. The molecule has 0 spiro atoms. The second-order valence-electron chi connectivity index (χ2n) is 6.52. The first-order valence-corrected chi connectivity index (χ1v) is 7.95.